The van der Waals surface area contributed by atoms with Crippen molar-refractivity contribution in [1.29, 1.82) is 0 Å². The van der Waals surface area contributed by atoms with Crippen LogP contribution in [0.4, 0.5) is 0 Å². The van der Waals surface area contributed by atoms with Crippen molar-refractivity contribution in [2.45, 2.75) is 51.4 Å². The molecule has 128 valence electrons. The highest BCUT2D eigenvalue weighted by Gasteiger charge is 2.27. The summed E-state index contributed by atoms with van der Waals surface area (Å²) < 4.78 is 23.2. The molecule has 1 saturated carbocycles. The molecule has 1 aliphatic carbocycles. The minimum Gasteiger partial charge on any atom is -0.485 e. The molecule has 1 fully saturated rings. The normalized spacial score (nSPS) is 26.3. The molecule has 6 heteroatoms. The van der Waals surface area contributed by atoms with Crippen LogP contribution in [0.25, 0.3) is 0 Å². The summed E-state index contributed by atoms with van der Waals surface area (Å²) in [5.74, 6) is 3.09. The van der Waals surface area contributed by atoms with Gasteiger partial charge in [0.15, 0.2) is 11.5 Å². The number of aromatic nitrogens is 2. The highest BCUT2D eigenvalue weighted by atomic mass is 16.6. The molecule has 3 atom stereocenters. The molecule has 0 spiro atoms. The molecule has 1 aromatic carbocycles. The van der Waals surface area contributed by atoms with E-state index < -0.39 is 0 Å². The number of rotatable bonds is 4. The van der Waals surface area contributed by atoms with E-state index in [4.69, 9.17) is 18.6 Å². The van der Waals surface area contributed by atoms with E-state index in [0.29, 0.717) is 36.8 Å². The van der Waals surface area contributed by atoms with Crippen LogP contribution in [-0.2, 0) is 11.3 Å². The zero-order valence-electron chi connectivity index (χ0n) is 13.8. The van der Waals surface area contributed by atoms with Crippen molar-refractivity contribution in [3.05, 3.63) is 36.0 Å². The average molecular weight is 330 g/mol. The highest BCUT2D eigenvalue weighted by Crippen LogP contribution is 2.35. The fourth-order valence-electron chi connectivity index (χ4n) is 3.32. The third-order valence-corrected chi connectivity index (χ3v) is 4.60. The summed E-state index contributed by atoms with van der Waals surface area (Å²) in [4.78, 5) is 0. The van der Waals surface area contributed by atoms with Gasteiger partial charge in [0.1, 0.15) is 13.2 Å². The average Bonchev–Trinajstić information content (AvgIpc) is 3.09. The molecular weight excluding hydrogens is 308 g/mol. The van der Waals surface area contributed by atoms with Gasteiger partial charge in [-0.3, -0.25) is 0 Å². The van der Waals surface area contributed by atoms with Crippen LogP contribution in [0, 0.1) is 5.92 Å². The molecule has 3 unspecified atom stereocenters. The van der Waals surface area contributed by atoms with Crippen LogP contribution in [0.15, 0.2) is 28.7 Å². The molecule has 1 aliphatic heterocycles. The molecule has 0 N–H and O–H groups in total. The molecule has 0 bridgehead atoms. The van der Waals surface area contributed by atoms with Crippen LogP contribution < -0.4 is 9.47 Å². The Bertz CT molecular complexity index is 687. The predicted octanol–water partition coefficient (Wildman–Crippen LogP) is 3.68. The zero-order chi connectivity index (χ0) is 16.4. The molecule has 2 aromatic rings. The highest BCUT2D eigenvalue weighted by molar-refractivity contribution is 5.40. The Morgan fingerprint density at radius 3 is 2.92 bits per heavy atom. The largest absolute Gasteiger partial charge is 0.485 e. The molecule has 0 radical (unpaired) electrons. The van der Waals surface area contributed by atoms with Gasteiger partial charge in [0.2, 0.25) is 12.0 Å². The number of ether oxygens (including phenoxy) is 3. The molecule has 4 rings (SSSR count). The second-order valence-corrected chi connectivity index (χ2v) is 6.60. The lowest BCUT2D eigenvalue weighted by Crippen LogP contribution is -2.22. The van der Waals surface area contributed by atoms with Gasteiger partial charge in [0.05, 0.1) is 6.10 Å². The van der Waals surface area contributed by atoms with Crippen molar-refractivity contribution in [3.8, 4) is 11.5 Å². The molecular formula is C18H22N2O4. The van der Waals surface area contributed by atoms with Crippen LogP contribution >= 0.6 is 0 Å². The Hall–Kier alpha value is -2.08. The van der Waals surface area contributed by atoms with Gasteiger partial charge in [-0.2, -0.15) is 0 Å². The van der Waals surface area contributed by atoms with Crippen LogP contribution in [0.2, 0.25) is 0 Å². The van der Waals surface area contributed by atoms with Gasteiger partial charge in [0.25, 0.3) is 5.89 Å². The first-order chi connectivity index (χ1) is 11.8. The number of fused-ring (bicyclic) bond motifs is 1. The lowest BCUT2D eigenvalue weighted by atomic mass is 9.89. The molecule has 6 nitrogen and oxygen atoms in total. The number of nitrogens with zero attached hydrogens (tertiary/aromatic N) is 2. The molecule has 2 aliphatic rings. The summed E-state index contributed by atoms with van der Waals surface area (Å²) in [6.45, 7) is 2.99. The first-order valence-electron chi connectivity index (χ1n) is 8.60. The number of hydrogen-bond donors (Lipinski definition) is 0. The quantitative estimate of drug-likeness (QED) is 0.852. The van der Waals surface area contributed by atoms with E-state index in [1.165, 1.54) is 12.8 Å². The van der Waals surface area contributed by atoms with Crippen LogP contribution in [-0.4, -0.2) is 22.9 Å². The second-order valence-electron chi connectivity index (χ2n) is 6.60. The zero-order valence-corrected chi connectivity index (χ0v) is 13.8. The molecule has 0 saturated heterocycles. The van der Waals surface area contributed by atoms with Crippen molar-refractivity contribution in [2.75, 3.05) is 6.61 Å². The van der Waals surface area contributed by atoms with Crippen LogP contribution in [0.1, 0.15) is 50.5 Å². The van der Waals surface area contributed by atoms with Gasteiger partial charge in [-0.05, 0) is 30.9 Å². The fourth-order valence-corrected chi connectivity index (χ4v) is 3.32. The Balaban J connectivity index is 1.35. The lowest BCUT2D eigenvalue weighted by molar-refractivity contribution is -0.00637. The fraction of sp³-hybridized carbons (Fsp3) is 0.556. The number of hydrogen-bond acceptors (Lipinski definition) is 6. The van der Waals surface area contributed by atoms with Crippen LogP contribution in [0.5, 0.6) is 11.5 Å². The number of para-hydroxylation sites is 2. The van der Waals surface area contributed by atoms with E-state index in [0.717, 1.165) is 24.5 Å². The standard InChI is InChI=1S/C18H22N2O4/c1-12-5-4-6-13(9-12)21-11-17-19-20-18(24-17)16-10-22-14-7-2-3-8-15(14)23-16/h2-3,7-8,12-13,16H,4-6,9-11H2,1H3. The Morgan fingerprint density at radius 2 is 2.04 bits per heavy atom. The summed E-state index contributed by atoms with van der Waals surface area (Å²) in [5, 5.41) is 8.16. The van der Waals surface area contributed by atoms with Gasteiger partial charge < -0.3 is 18.6 Å². The van der Waals surface area contributed by atoms with E-state index in [1.54, 1.807) is 0 Å². The predicted molar refractivity (Wildman–Crippen MR) is 85.8 cm³/mol. The summed E-state index contributed by atoms with van der Waals surface area (Å²) in [5.41, 5.74) is 0. The minimum absolute atomic E-state index is 0.297. The smallest absolute Gasteiger partial charge is 0.260 e. The maximum atomic E-state index is 5.93. The lowest BCUT2D eigenvalue weighted by Gasteiger charge is -2.26. The van der Waals surface area contributed by atoms with E-state index in [1.807, 2.05) is 24.3 Å². The van der Waals surface area contributed by atoms with E-state index in [2.05, 4.69) is 17.1 Å². The molecule has 2 heterocycles. The maximum Gasteiger partial charge on any atom is 0.260 e. The van der Waals surface area contributed by atoms with E-state index >= 15 is 0 Å². The van der Waals surface area contributed by atoms with Crippen LogP contribution in [0.3, 0.4) is 0 Å². The Labute approximate surface area is 141 Å². The van der Waals surface area contributed by atoms with Gasteiger partial charge in [-0.15, -0.1) is 10.2 Å². The topological polar surface area (TPSA) is 66.6 Å². The third-order valence-electron chi connectivity index (χ3n) is 4.60. The van der Waals surface area contributed by atoms with E-state index in [9.17, 15) is 0 Å². The van der Waals surface area contributed by atoms with Crippen molar-refractivity contribution < 1.29 is 18.6 Å². The summed E-state index contributed by atoms with van der Waals surface area (Å²) in [6.07, 6.45) is 4.67. The minimum atomic E-state index is -0.379. The first-order valence-corrected chi connectivity index (χ1v) is 8.60. The van der Waals surface area contributed by atoms with Crippen molar-refractivity contribution in [1.82, 2.24) is 10.2 Å². The van der Waals surface area contributed by atoms with Crippen molar-refractivity contribution in [2.24, 2.45) is 5.92 Å². The first kappa shape index (κ1) is 15.4. The molecule has 24 heavy (non-hydrogen) atoms. The number of benzene rings is 1. The van der Waals surface area contributed by atoms with Gasteiger partial charge in [-0.25, -0.2) is 0 Å². The van der Waals surface area contributed by atoms with Crippen molar-refractivity contribution >= 4 is 0 Å². The van der Waals surface area contributed by atoms with Gasteiger partial charge in [0, 0.05) is 0 Å². The molecule has 1 aromatic heterocycles. The van der Waals surface area contributed by atoms with Gasteiger partial charge in [-0.1, -0.05) is 31.9 Å². The summed E-state index contributed by atoms with van der Waals surface area (Å²) in [7, 11) is 0. The molecule has 0 amide bonds. The van der Waals surface area contributed by atoms with Gasteiger partial charge >= 0.3 is 0 Å². The third kappa shape index (κ3) is 3.38. The summed E-state index contributed by atoms with van der Waals surface area (Å²) in [6, 6.07) is 7.57. The Morgan fingerprint density at radius 1 is 1.17 bits per heavy atom. The monoisotopic (exact) mass is 330 g/mol. The Kier molecular flexibility index (Phi) is 4.38. The maximum absolute atomic E-state index is 5.93. The van der Waals surface area contributed by atoms with E-state index in [-0.39, 0.29) is 6.10 Å². The second kappa shape index (κ2) is 6.81. The SMILES string of the molecule is CC1CCCC(OCc2nnc(C3COc4ccccc4O3)o2)C1. The summed E-state index contributed by atoms with van der Waals surface area (Å²) >= 11 is 0. The van der Waals surface area contributed by atoms with Crippen molar-refractivity contribution in [3.63, 3.8) is 0 Å².